The Bertz CT molecular complexity index is 1490. The first kappa shape index (κ1) is 23.3. The average molecular weight is 490 g/mol. The summed E-state index contributed by atoms with van der Waals surface area (Å²) in [5.41, 5.74) is 1.70. The maximum absolute atomic E-state index is 13.1. The van der Waals surface area contributed by atoms with E-state index in [1.54, 1.807) is 40.1 Å². The molecule has 0 fully saturated rings. The van der Waals surface area contributed by atoms with Crippen LogP contribution in [0, 0.1) is 0 Å². The van der Waals surface area contributed by atoms with Crippen LogP contribution in [-0.2, 0) is 4.74 Å². The van der Waals surface area contributed by atoms with Gasteiger partial charge in [-0.05, 0) is 45.9 Å². The number of aromatic nitrogens is 4. The molecule has 0 spiro atoms. The summed E-state index contributed by atoms with van der Waals surface area (Å²) >= 11 is 0. The van der Waals surface area contributed by atoms with Gasteiger partial charge in [-0.3, -0.25) is 14.7 Å². The van der Waals surface area contributed by atoms with Crippen molar-refractivity contribution in [2.75, 3.05) is 23.9 Å². The van der Waals surface area contributed by atoms with Gasteiger partial charge >= 0.3 is 6.09 Å². The highest BCUT2D eigenvalue weighted by Gasteiger charge is 2.26. The van der Waals surface area contributed by atoms with Gasteiger partial charge in [-0.2, -0.15) is 0 Å². The fraction of sp³-hybridized carbons (Fsp3) is 0.320. The second-order valence-corrected chi connectivity index (χ2v) is 9.69. The molecule has 0 aliphatic carbocycles. The topological polar surface area (TPSA) is 123 Å². The molecular formula is C25H27N7O4. The van der Waals surface area contributed by atoms with Crippen molar-refractivity contribution in [2.45, 2.75) is 39.3 Å². The van der Waals surface area contributed by atoms with Crippen LogP contribution in [0.1, 0.15) is 38.2 Å². The third-order valence-corrected chi connectivity index (χ3v) is 5.53. The lowest BCUT2D eigenvalue weighted by Gasteiger charge is -2.25. The molecule has 1 aliphatic heterocycles. The molecule has 0 saturated heterocycles. The molecule has 1 aromatic carbocycles. The van der Waals surface area contributed by atoms with Crippen LogP contribution in [0.3, 0.4) is 0 Å². The van der Waals surface area contributed by atoms with Crippen molar-refractivity contribution in [2.24, 2.45) is 0 Å². The van der Waals surface area contributed by atoms with Gasteiger partial charge in [0.2, 0.25) is 0 Å². The first-order valence-electron chi connectivity index (χ1n) is 11.5. The molecule has 11 nitrogen and oxygen atoms in total. The highest BCUT2D eigenvalue weighted by Crippen LogP contribution is 2.30. The molecule has 0 saturated carbocycles. The highest BCUT2D eigenvalue weighted by molar-refractivity contribution is 5.97. The maximum Gasteiger partial charge on any atom is 0.414 e. The van der Waals surface area contributed by atoms with Crippen LogP contribution in [0.4, 0.5) is 22.0 Å². The average Bonchev–Trinajstić information content (AvgIpc) is 3.24. The van der Waals surface area contributed by atoms with Crippen molar-refractivity contribution in [1.82, 2.24) is 24.9 Å². The van der Waals surface area contributed by atoms with Crippen molar-refractivity contribution in [3.63, 3.8) is 0 Å². The molecule has 1 unspecified atom stereocenters. The molecule has 0 radical (unpaired) electrons. The zero-order chi connectivity index (χ0) is 25.6. The molecule has 2 amide bonds. The van der Waals surface area contributed by atoms with E-state index in [1.807, 2.05) is 31.2 Å². The Morgan fingerprint density at radius 1 is 1.22 bits per heavy atom. The Labute approximate surface area is 207 Å². The Kier molecular flexibility index (Phi) is 5.62. The van der Waals surface area contributed by atoms with Gasteiger partial charge < -0.3 is 20.1 Å². The lowest BCUT2D eigenvalue weighted by atomic mass is 10.2. The number of nitrogens with zero attached hydrogens (tertiary/aromatic N) is 5. The Balaban J connectivity index is 1.67. The fourth-order valence-corrected chi connectivity index (χ4v) is 3.86. The highest BCUT2D eigenvalue weighted by atomic mass is 16.6. The number of carbonyl (C=O) groups is 2. The molecule has 186 valence electrons. The predicted molar refractivity (Wildman–Crippen MR) is 135 cm³/mol. The zero-order valence-corrected chi connectivity index (χ0v) is 20.7. The van der Waals surface area contributed by atoms with E-state index in [4.69, 9.17) is 9.47 Å². The minimum absolute atomic E-state index is 0.213. The number of anilines is 3. The van der Waals surface area contributed by atoms with Gasteiger partial charge in [-0.1, -0.05) is 6.07 Å². The maximum atomic E-state index is 13.1. The molecule has 11 heteroatoms. The SMILES string of the molecule is CC1COc2cccc3ncc(cc23)Nc2cc(N(C)C(=O)OC(C)(C)C)c3ncc(n3n2)C(=O)N1. The summed E-state index contributed by atoms with van der Waals surface area (Å²) < 4.78 is 13.0. The second kappa shape index (κ2) is 8.67. The number of pyridine rings is 1. The van der Waals surface area contributed by atoms with Crippen LogP contribution in [0.2, 0.25) is 0 Å². The van der Waals surface area contributed by atoms with Crippen molar-refractivity contribution in [3.05, 3.63) is 48.4 Å². The molecule has 1 aliphatic rings. The van der Waals surface area contributed by atoms with Crippen molar-refractivity contribution in [1.29, 1.82) is 0 Å². The quantitative estimate of drug-likeness (QED) is 0.413. The van der Waals surface area contributed by atoms with E-state index in [1.165, 1.54) is 15.6 Å². The first-order valence-corrected chi connectivity index (χ1v) is 11.5. The zero-order valence-electron chi connectivity index (χ0n) is 20.7. The minimum Gasteiger partial charge on any atom is -0.491 e. The number of imidazole rings is 1. The third kappa shape index (κ3) is 4.47. The summed E-state index contributed by atoms with van der Waals surface area (Å²) in [6.07, 6.45) is 2.55. The number of ether oxygens (including phenoxy) is 2. The lowest BCUT2D eigenvalue weighted by Crippen LogP contribution is -2.37. The summed E-state index contributed by atoms with van der Waals surface area (Å²) in [7, 11) is 1.59. The third-order valence-electron chi connectivity index (χ3n) is 5.53. The first-order chi connectivity index (χ1) is 17.1. The van der Waals surface area contributed by atoms with Gasteiger partial charge in [-0.25, -0.2) is 14.3 Å². The smallest absolute Gasteiger partial charge is 0.414 e. The molecule has 1 atom stereocenters. The Morgan fingerprint density at radius 3 is 2.81 bits per heavy atom. The van der Waals surface area contributed by atoms with Crippen LogP contribution in [0.15, 0.2) is 42.7 Å². The molecule has 4 heterocycles. The number of amides is 2. The molecule has 3 aromatic heterocycles. The Morgan fingerprint density at radius 2 is 2.03 bits per heavy atom. The summed E-state index contributed by atoms with van der Waals surface area (Å²) in [5.74, 6) is 0.662. The van der Waals surface area contributed by atoms with Gasteiger partial charge in [-0.15, -0.1) is 5.10 Å². The number of rotatable bonds is 1. The summed E-state index contributed by atoms with van der Waals surface area (Å²) in [4.78, 5) is 36.3. The standard InChI is InChI=1S/C25H27N7O4/c1-14-13-35-20-8-6-7-17-16(20)9-15(11-26-17)29-21-10-18(31(5)24(34)36-25(2,3)4)22-27-12-19(23(33)28-14)32(22)30-21/h6-12,14H,13H2,1-5H3,(H,28,33)(H,29,30). The van der Waals surface area contributed by atoms with E-state index >= 15 is 0 Å². The normalized spacial score (nSPS) is 15.8. The number of carbonyl (C=O) groups excluding carboxylic acids is 2. The van der Waals surface area contributed by atoms with E-state index in [0.29, 0.717) is 28.6 Å². The summed E-state index contributed by atoms with van der Waals surface area (Å²) in [6.45, 7) is 7.49. The molecule has 2 N–H and O–H groups in total. The van der Waals surface area contributed by atoms with Crippen LogP contribution < -0.4 is 20.3 Å². The van der Waals surface area contributed by atoms with Crippen LogP contribution in [0.5, 0.6) is 5.75 Å². The number of nitrogens with one attached hydrogen (secondary N) is 2. The summed E-state index contributed by atoms with van der Waals surface area (Å²) in [6, 6.07) is 8.93. The van der Waals surface area contributed by atoms with E-state index in [2.05, 4.69) is 25.7 Å². The van der Waals surface area contributed by atoms with Gasteiger partial charge in [0.1, 0.15) is 18.0 Å². The molecule has 36 heavy (non-hydrogen) atoms. The molecular weight excluding hydrogens is 462 g/mol. The van der Waals surface area contributed by atoms with E-state index in [9.17, 15) is 9.59 Å². The van der Waals surface area contributed by atoms with Crippen LogP contribution in [0.25, 0.3) is 16.6 Å². The monoisotopic (exact) mass is 489 g/mol. The lowest BCUT2D eigenvalue weighted by molar-refractivity contribution is 0.0589. The number of fused-ring (bicyclic) bond motifs is 2. The van der Waals surface area contributed by atoms with Gasteiger partial charge in [0, 0.05) is 18.5 Å². The number of hydrogen-bond donors (Lipinski definition) is 2. The van der Waals surface area contributed by atoms with Crippen LogP contribution in [-0.4, -0.2) is 56.9 Å². The van der Waals surface area contributed by atoms with Gasteiger partial charge in [0.15, 0.2) is 17.2 Å². The minimum atomic E-state index is -0.684. The van der Waals surface area contributed by atoms with Gasteiger partial charge in [0.05, 0.1) is 35.3 Å². The summed E-state index contributed by atoms with van der Waals surface area (Å²) in [5, 5.41) is 11.6. The fourth-order valence-electron chi connectivity index (χ4n) is 3.86. The number of hydrogen-bond acceptors (Lipinski definition) is 8. The number of benzene rings is 1. The Hall–Kier alpha value is -4.41. The van der Waals surface area contributed by atoms with Gasteiger partial charge in [0.25, 0.3) is 5.91 Å². The van der Waals surface area contributed by atoms with Crippen molar-refractivity contribution in [3.8, 4) is 5.75 Å². The van der Waals surface area contributed by atoms with Crippen molar-refractivity contribution >= 4 is 45.7 Å². The van der Waals surface area contributed by atoms with Crippen LogP contribution >= 0.6 is 0 Å². The van der Waals surface area contributed by atoms with E-state index in [-0.39, 0.29) is 24.2 Å². The van der Waals surface area contributed by atoms with E-state index < -0.39 is 11.7 Å². The second-order valence-electron chi connectivity index (χ2n) is 9.69. The largest absolute Gasteiger partial charge is 0.491 e. The molecule has 4 bridgehead atoms. The molecule has 5 rings (SSSR count). The molecule has 4 aromatic rings. The van der Waals surface area contributed by atoms with Crippen molar-refractivity contribution < 1.29 is 19.1 Å². The van der Waals surface area contributed by atoms with E-state index in [0.717, 1.165) is 10.9 Å². The predicted octanol–water partition coefficient (Wildman–Crippen LogP) is 3.90.